The Hall–Kier alpha value is -2.18. The highest BCUT2D eigenvalue weighted by atomic mass is 19.1. The number of methoxy groups -OCH3 is 1. The van der Waals surface area contributed by atoms with E-state index in [-0.39, 0.29) is 11.3 Å². The number of benzene rings is 1. The van der Waals surface area contributed by atoms with Gasteiger partial charge in [-0.3, -0.25) is 14.9 Å². The number of esters is 1. The molecule has 0 saturated carbocycles. The van der Waals surface area contributed by atoms with Gasteiger partial charge >= 0.3 is 11.7 Å². The lowest BCUT2D eigenvalue weighted by atomic mass is 10.1. The van der Waals surface area contributed by atoms with Gasteiger partial charge in [-0.05, 0) is 6.07 Å². The number of ether oxygens (including phenoxy) is 1. The van der Waals surface area contributed by atoms with Crippen molar-refractivity contribution in [3.8, 4) is 0 Å². The quantitative estimate of drug-likeness (QED) is 0.361. The Kier molecular flexibility index (Phi) is 3.39. The molecule has 0 saturated heterocycles. The second-order valence-electron chi connectivity index (χ2n) is 2.98. The summed E-state index contributed by atoms with van der Waals surface area (Å²) in [5.74, 6) is -1.82. The number of carbonyl (C=O) groups is 1. The van der Waals surface area contributed by atoms with Gasteiger partial charge in [0.15, 0.2) is 0 Å². The molecule has 0 atom stereocenters. The molecule has 16 heavy (non-hydrogen) atoms. The van der Waals surface area contributed by atoms with Gasteiger partial charge in [0, 0.05) is 17.3 Å². The number of carbonyl (C=O) groups excluding carboxylic acids is 1. The standard InChI is InChI=1S/C9H9FN2O4/c1-16-8(13)4-5-6(11)2-3-7(9(5)10)12(14)15/h2-3H,4,11H2,1H3. The first-order valence-electron chi connectivity index (χ1n) is 4.25. The topological polar surface area (TPSA) is 95.5 Å². The van der Waals surface area contributed by atoms with Crippen LogP contribution in [0.4, 0.5) is 15.8 Å². The minimum Gasteiger partial charge on any atom is -0.469 e. The van der Waals surface area contributed by atoms with Crippen LogP contribution in [0.25, 0.3) is 0 Å². The molecule has 1 aromatic rings. The Morgan fingerprint density at radius 2 is 2.25 bits per heavy atom. The van der Waals surface area contributed by atoms with E-state index in [0.29, 0.717) is 0 Å². The van der Waals surface area contributed by atoms with Crippen molar-refractivity contribution in [1.29, 1.82) is 0 Å². The van der Waals surface area contributed by atoms with Crippen LogP contribution < -0.4 is 5.73 Å². The molecule has 0 spiro atoms. The summed E-state index contributed by atoms with van der Waals surface area (Å²) in [4.78, 5) is 20.5. The van der Waals surface area contributed by atoms with E-state index in [2.05, 4.69) is 4.74 Å². The summed E-state index contributed by atoms with van der Waals surface area (Å²) in [6.07, 6.45) is -0.435. The van der Waals surface area contributed by atoms with E-state index in [1.54, 1.807) is 0 Å². The summed E-state index contributed by atoms with van der Waals surface area (Å²) < 4.78 is 17.9. The van der Waals surface area contributed by atoms with Gasteiger partial charge in [0.1, 0.15) is 0 Å². The number of nitro groups is 1. The Morgan fingerprint density at radius 1 is 1.62 bits per heavy atom. The molecule has 0 bridgehead atoms. The van der Waals surface area contributed by atoms with E-state index in [4.69, 9.17) is 5.73 Å². The van der Waals surface area contributed by atoms with Gasteiger partial charge < -0.3 is 10.5 Å². The zero-order chi connectivity index (χ0) is 12.3. The summed E-state index contributed by atoms with van der Waals surface area (Å²) in [5, 5.41) is 10.4. The molecule has 0 fully saturated rings. The Labute approximate surface area is 90.0 Å². The van der Waals surface area contributed by atoms with Crippen molar-refractivity contribution < 1.29 is 18.8 Å². The average Bonchev–Trinajstić information content (AvgIpc) is 2.23. The first kappa shape index (κ1) is 11.9. The highest BCUT2D eigenvalue weighted by molar-refractivity contribution is 5.75. The zero-order valence-corrected chi connectivity index (χ0v) is 8.40. The molecule has 6 nitrogen and oxygen atoms in total. The number of hydrogen-bond acceptors (Lipinski definition) is 5. The summed E-state index contributed by atoms with van der Waals surface area (Å²) in [7, 11) is 1.13. The summed E-state index contributed by atoms with van der Waals surface area (Å²) in [5.41, 5.74) is 4.47. The van der Waals surface area contributed by atoms with Crippen molar-refractivity contribution in [1.82, 2.24) is 0 Å². The van der Waals surface area contributed by atoms with Crippen LogP contribution in [0.5, 0.6) is 0 Å². The fourth-order valence-corrected chi connectivity index (χ4v) is 1.16. The van der Waals surface area contributed by atoms with E-state index in [0.717, 1.165) is 13.2 Å². The molecule has 0 radical (unpaired) electrons. The number of nitrogens with zero attached hydrogens (tertiary/aromatic N) is 1. The second-order valence-corrected chi connectivity index (χ2v) is 2.98. The third-order valence-electron chi connectivity index (χ3n) is 2.00. The Morgan fingerprint density at radius 3 is 2.75 bits per heavy atom. The van der Waals surface area contributed by atoms with Crippen molar-refractivity contribution >= 4 is 17.3 Å². The second kappa shape index (κ2) is 4.56. The monoisotopic (exact) mass is 228 g/mol. The first-order chi connectivity index (χ1) is 7.47. The Bertz CT molecular complexity index is 447. The molecule has 0 unspecified atom stereocenters. The lowest BCUT2D eigenvalue weighted by Gasteiger charge is -2.05. The third kappa shape index (κ3) is 2.25. The fourth-order valence-electron chi connectivity index (χ4n) is 1.16. The largest absolute Gasteiger partial charge is 0.469 e. The number of rotatable bonds is 3. The zero-order valence-electron chi connectivity index (χ0n) is 8.40. The van der Waals surface area contributed by atoms with Crippen LogP contribution in [0.2, 0.25) is 0 Å². The van der Waals surface area contributed by atoms with Crippen LogP contribution >= 0.6 is 0 Å². The molecular weight excluding hydrogens is 219 g/mol. The van der Waals surface area contributed by atoms with E-state index < -0.39 is 28.8 Å². The van der Waals surface area contributed by atoms with Crippen LogP contribution in [-0.2, 0) is 16.0 Å². The van der Waals surface area contributed by atoms with Gasteiger partial charge in [0.05, 0.1) is 18.5 Å². The van der Waals surface area contributed by atoms with Crippen LogP contribution in [0.15, 0.2) is 12.1 Å². The molecule has 0 heterocycles. The maximum atomic E-state index is 13.6. The number of nitrogens with two attached hydrogens (primary N) is 1. The highest BCUT2D eigenvalue weighted by Gasteiger charge is 2.21. The van der Waals surface area contributed by atoms with Gasteiger partial charge in [0.2, 0.25) is 5.82 Å². The van der Waals surface area contributed by atoms with E-state index in [1.807, 2.05) is 0 Å². The van der Waals surface area contributed by atoms with Crippen molar-refractivity contribution in [2.45, 2.75) is 6.42 Å². The average molecular weight is 228 g/mol. The smallest absolute Gasteiger partial charge is 0.310 e. The fraction of sp³-hybridized carbons (Fsp3) is 0.222. The van der Waals surface area contributed by atoms with Crippen molar-refractivity contribution in [2.24, 2.45) is 0 Å². The van der Waals surface area contributed by atoms with Gasteiger partial charge in [-0.25, -0.2) is 0 Å². The number of halogens is 1. The van der Waals surface area contributed by atoms with Gasteiger partial charge in [-0.15, -0.1) is 0 Å². The molecule has 0 aromatic heterocycles. The molecule has 1 rings (SSSR count). The molecule has 0 aliphatic carbocycles. The molecule has 0 aliphatic rings. The summed E-state index contributed by atoms with van der Waals surface area (Å²) in [6, 6.07) is 2.13. The predicted molar refractivity (Wildman–Crippen MR) is 53.2 cm³/mol. The predicted octanol–water partition coefficient (Wildman–Crippen LogP) is 1.03. The first-order valence-corrected chi connectivity index (χ1v) is 4.25. The molecule has 1 aromatic carbocycles. The Balaban J connectivity index is 3.21. The van der Waals surface area contributed by atoms with Gasteiger partial charge in [0.25, 0.3) is 0 Å². The van der Waals surface area contributed by atoms with Gasteiger partial charge in [-0.2, -0.15) is 4.39 Å². The van der Waals surface area contributed by atoms with Crippen LogP contribution in [-0.4, -0.2) is 18.0 Å². The number of nitro benzene ring substituents is 1. The van der Waals surface area contributed by atoms with Crippen molar-refractivity contribution in [3.63, 3.8) is 0 Å². The molecule has 86 valence electrons. The third-order valence-corrected chi connectivity index (χ3v) is 2.00. The lowest BCUT2D eigenvalue weighted by Crippen LogP contribution is -2.10. The van der Waals surface area contributed by atoms with Crippen LogP contribution in [0, 0.1) is 15.9 Å². The number of nitrogen functional groups attached to an aromatic ring is 1. The van der Waals surface area contributed by atoms with Crippen molar-refractivity contribution in [3.05, 3.63) is 33.6 Å². The van der Waals surface area contributed by atoms with E-state index in [1.165, 1.54) is 6.07 Å². The number of hydrogen-bond donors (Lipinski definition) is 1. The SMILES string of the molecule is COC(=O)Cc1c(N)ccc([N+](=O)[O-])c1F. The molecule has 7 heteroatoms. The van der Waals surface area contributed by atoms with Crippen LogP contribution in [0.3, 0.4) is 0 Å². The minimum atomic E-state index is -1.10. The maximum absolute atomic E-state index is 13.6. The lowest BCUT2D eigenvalue weighted by molar-refractivity contribution is -0.387. The molecular formula is C9H9FN2O4. The molecule has 2 N–H and O–H groups in total. The minimum absolute atomic E-state index is 0.0199. The summed E-state index contributed by atoms with van der Waals surface area (Å²) >= 11 is 0. The van der Waals surface area contributed by atoms with Gasteiger partial charge in [-0.1, -0.05) is 0 Å². The van der Waals surface area contributed by atoms with E-state index in [9.17, 15) is 19.3 Å². The number of anilines is 1. The summed E-state index contributed by atoms with van der Waals surface area (Å²) in [6.45, 7) is 0. The van der Waals surface area contributed by atoms with E-state index >= 15 is 0 Å². The van der Waals surface area contributed by atoms with Crippen LogP contribution in [0.1, 0.15) is 5.56 Å². The molecule has 0 amide bonds. The van der Waals surface area contributed by atoms with Crippen molar-refractivity contribution in [2.75, 3.05) is 12.8 Å². The normalized spacial score (nSPS) is 9.88. The molecule has 0 aliphatic heterocycles. The highest BCUT2D eigenvalue weighted by Crippen LogP contribution is 2.25. The maximum Gasteiger partial charge on any atom is 0.310 e.